The predicted molar refractivity (Wildman–Crippen MR) is 87.1 cm³/mol. The van der Waals surface area contributed by atoms with Crippen molar-refractivity contribution in [3.05, 3.63) is 46.9 Å². The monoisotopic (exact) mass is 406 g/mol. The first kappa shape index (κ1) is 20.4. The summed E-state index contributed by atoms with van der Waals surface area (Å²) >= 11 is 0. The fourth-order valence-corrected chi connectivity index (χ4v) is 2.98. The van der Waals surface area contributed by atoms with Crippen molar-refractivity contribution in [1.82, 2.24) is 4.98 Å². The molecule has 1 aromatic carbocycles. The predicted octanol–water partition coefficient (Wildman–Crippen LogP) is 3.54. The third kappa shape index (κ3) is 3.00. The quantitative estimate of drug-likeness (QED) is 0.605. The van der Waals surface area contributed by atoms with Crippen molar-refractivity contribution in [1.29, 1.82) is 0 Å². The number of hydrogen-bond donors (Lipinski definition) is 2. The number of pyridine rings is 1. The molecule has 0 spiro atoms. The molecule has 10 heteroatoms. The van der Waals surface area contributed by atoms with E-state index < -0.39 is 58.1 Å². The van der Waals surface area contributed by atoms with Gasteiger partial charge in [-0.1, -0.05) is 13.8 Å². The Bertz CT molecular complexity index is 945. The van der Waals surface area contributed by atoms with Crippen LogP contribution in [-0.2, 0) is 11.0 Å². The second kappa shape index (κ2) is 6.35. The summed E-state index contributed by atoms with van der Waals surface area (Å²) in [5.41, 5.74) is -0.925. The van der Waals surface area contributed by atoms with Crippen LogP contribution in [-0.4, -0.2) is 29.4 Å². The van der Waals surface area contributed by atoms with Gasteiger partial charge in [-0.15, -0.1) is 0 Å². The summed E-state index contributed by atoms with van der Waals surface area (Å²) in [6.07, 6.45) is -5.18. The number of rotatable bonds is 3. The van der Waals surface area contributed by atoms with Crippen molar-refractivity contribution in [2.45, 2.75) is 31.0 Å². The average Bonchev–Trinajstić information content (AvgIpc) is 2.91. The molecular formula is C18H16F6N2O2. The maximum atomic E-state index is 14.3. The molecule has 1 aliphatic rings. The Morgan fingerprint density at radius 3 is 2.29 bits per heavy atom. The Labute approximate surface area is 155 Å². The molecule has 152 valence electrons. The van der Waals surface area contributed by atoms with Gasteiger partial charge in [0, 0.05) is 29.2 Å². The number of aromatic nitrogens is 1. The summed E-state index contributed by atoms with van der Waals surface area (Å²) in [4.78, 5) is 3.72. The fourth-order valence-electron chi connectivity index (χ4n) is 2.98. The van der Waals surface area contributed by atoms with E-state index in [1.165, 1.54) is 0 Å². The first-order chi connectivity index (χ1) is 12.8. The summed E-state index contributed by atoms with van der Waals surface area (Å²) in [5.74, 6) is -4.20. The van der Waals surface area contributed by atoms with Crippen molar-refractivity contribution in [2.24, 2.45) is 5.73 Å². The summed E-state index contributed by atoms with van der Waals surface area (Å²) in [6.45, 7) is 2.09. The first-order valence-corrected chi connectivity index (χ1v) is 8.14. The molecule has 3 N–H and O–H groups in total. The zero-order valence-corrected chi connectivity index (χ0v) is 14.8. The van der Waals surface area contributed by atoms with E-state index in [1.807, 2.05) is 0 Å². The van der Waals surface area contributed by atoms with E-state index in [9.17, 15) is 31.4 Å². The van der Waals surface area contributed by atoms with Gasteiger partial charge in [-0.3, -0.25) is 0 Å². The van der Waals surface area contributed by atoms with Gasteiger partial charge in [0.25, 0.3) is 0 Å². The minimum absolute atomic E-state index is 0.0266. The third-order valence-corrected chi connectivity index (χ3v) is 4.73. The molecule has 1 aromatic heterocycles. The van der Waals surface area contributed by atoms with Crippen LogP contribution in [0.1, 0.15) is 25.1 Å². The summed E-state index contributed by atoms with van der Waals surface area (Å²) in [7, 11) is 0. The van der Waals surface area contributed by atoms with Crippen LogP contribution in [0.4, 0.5) is 26.3 Å². The number of ether oxygens (including phenoxy) is 1. The number of benzene rings is 1. The van der Waals surface area contributed by atoms with E-state index in [0.29, 0.717) is 6.07 Å². The molecule has 2 heterocycles. The summed E-state index contributed by atoms with van der Waals surface area (Å²) in [5, 5.41) is 10.2. The third-order valence-electron chi connectivity index (χ3n) is 4.73. The molecule has 0 radical (unpaired) electrons. The molecule has 28 heavy (non-hydrogen) atoms. The smallest absolute Gasteiger partial charge is 0.424 e. The Kier molecular flexibility index (Phi) is 4.62. The van der Waals surface area contributed by atoms with Gasteiger partial charge in [0.15, 0.2) is 11.6 Å². The molecule has 1 aliphatic heterocycles. The van der Waals surface area contributed by atoms with E-state index in [0.717, 1.165) is 6.07 Å². The van der Waals surface area contributed by atoms with Crippen LogP contribution in [0.25, 0.3) is 11.3 Å². The SMILES string of the molecule is CC1(C)COc2c1cc([C@@](O)(CN)C(F)(F)F)nc2-c1cc(F)c(F)cc1F. The Morgan fingerprint density at radius 2 is 1.71 bits per heavy atom. The van der Waals surface area contributed by atoms with Gasteiger partial charge in [-0.2, -0.15) is 13.2 Å². The lowest BCUT2D eigenvalue weighted by molar-refractivity contribution is -0.263. The van der Waals surface area contributed by atoms with Crippen LogP contribution in [0.3, 0.4) is 0 Å². The topological polar surface area (TPSA) is 68.4 Å². The van der Waals surface area contributed by atoms with Crippen molar-refractivity contribution in [2.75, 3.05) is 13.2 Å². The van der Waals surface area contributed by atoms with E-state index >= 15 is 0 Å². The Hall–Kier alpha value is -2.33. The number of nitrogens with two attached hydrogens (primary N) is 1. The van der Waals surface area contributed by atoms with Crippen LogP contribution in [0.15, 0.2) is 18.2 Å². The largest absolute Gasteiger partial charge is 0.490 e. The lowest BCUT2D eigenvalue weighted by atomic mass is 9.84. The molecule has 0 amide bonds. The number of aliphatic hydroxyl groups is 1. The number of nitrogens with zero attached hydrogens (tertiary/aromatic N) is 1. The molecule has 4 nitrogen and oxygen atoms in total. The fraction of sp³-hybridized carbons (Fsp3) is 0.389. The highest BCUT2D eigenvalue weighted by atomic mass is 19.4. The van der Waals surface area contributed by atoms with E-state index in [-0.39, 0.29) is 24.0 Å². The zero-order chi connectivity index (χ0) is 21.1. The van der Waals surface area contributed by atoms with Crippen LogP contribution in [0.5, 0.6) is 5.75 Å². The minimum atomic E-state index is -5.18. The molecule has 3 rings (SSSR count). The van der Waals surface area contributed by atoms with Crippen LogP contribution in [0, 0.1) is 17.5 Å². The van der Waals surface area contributed by atoms with Gasteiger partial charge in [-0.25, -0.2) is 18.2 Å². The Balaban J connectivity index is 2.36. The average molecular weight is 406 g/mol. The highest BCUT2D eigenvalue weighted by Gasteiger charge is 2.56. The second-order valence-corrected chi connectivity index (χ2v) is 7.21. The maximum Gasteiger partial charge on any atom is 0.424 e. The molecule has 0 saturated carbocycles. The molecule has 0 aliphatic carbocycles. The Morgan fingerprint density at radius 1 is 1.11 bits per heavy atom. The molecule has 0 saturated heterocycles. The van der Waals surface area contributed by atoms with Gasteiger partial charge in [0.1, 0.15) is 17.3 Å². The highest BCUT2D eigenvalue weighted by molar-refractivity contribution is 5.71. The van der Waals surface area contributed by atoms with Gasteiger partial charge in [-0.05, 0) is 12.1 Å². The van der Waals surface area contributed by atoms with E-state index in [4.69, 9.17) is 10.5 Å². The van der Waals surface area contributed by atoms with Gasteiger partial charge < -0.3 is 15.6 Å². The molecular weight excluding hydrogens is 390 g/mol. The van der Waals surface area contributed by atoms with Crippen molar-refractivity contribution in [3.8, 4) is 17.0 Å². The first-order valence-electron chi connectivity index (χ1n) is 8.14. The highest BCUT2D eigenvalue weighted by Crippen LogP contribution is 2.47. The molecule has 0 fully saturated rings. The number of halogens is 6. The summed E-state index contributed by atoms with van der Waals surface area (Å²) in [6, 6.07) is 1.72. The number of fused-ring (bicyclic) bond motifs is 1. The molecule has 0 bridgehead atoms. The second-order valence-electron chi connectivity index (χ2n) is 7.21. The lowest BCUT2D eigenvalue weighted by Gasteiger charge is -2.30. The normalized spacial score (nSPS) is 17.8. The van der Waals surface area contributed by atoms with Crippen molar-refractivity contribution < 1.29 is 36.2 Å². The van der Waals surface area contributed by atoms with Gasteiger partial charge in [0.05, 0.1) is 12.3 Å². The maximum absolute atomic E-state index is 14.3. The number of hydrogen-bond acceptors (Lipinski definition) is 4. The minimum Gasteiger partial charge on any atom is -0.490 e. The lowest BCUT2D eigenvalue weighted by Crippen LogP contribution is -2.49. The van der Waals surface area contributed by atoms with Crippen LogP contribution >= 0.6 is 0 Å². The summed E-state index contributed by atoms with van der Waals surface area (Å²) < 4.78 is 87.2. The van der Waals surface area contributed by atoms with Gasteiger partial charge >= 0.3 is 6.18 Å². The molecule has 1 atom stereocenters. The van der Waals surface area contributed by atoms with Crippen LogP contribution < -0.4 is 10.5 Å². The van der Waals surface area contributed by atoms with E-state index in [2.05, 4.69) is 4.98 Å². The standard InChI is InChI=1S/C18H16F6N2O2/c1-16(2)7-28-15-9(16)4-13(17(27,6-25)18(22,23)24)26-14(15)8-3-11(20)12(21)5-10(8)19/h3-5,27H,6-7,25H2,1-2H3/t17-/m0/s1. The van der Waals surface area contributed by atoms with Crippen LogP contribution in [0.2, 0.25) is 0 Å². The van der Waals surface area contributed by atoms with Crippen molar-refractivity contribution in [3.63, 3.8) is 0 Å². The molecule has 0 unspecified atom stereocenters. The number of alkyl halides is 3. The van der Waals surface area contributed by atoms with E-state index in [1.54, 1.807) is 13.8 Å². The van der Waals surface area contributed by atoms with Crippen molar-refractivity contribution >= 4 is 0 Å². The molecule has 2 aromatic rings. The van der Waals surface area contributed by atoms with Gasteiger partial charge in [0.2, 0.25) is 5.60 Å². The zero-order valence-electron chi connectivity index (χ0n) is 14.8.